The summed E-state index contributed by atoms with van der Waals surface area (Å²) in [7, 11) is 0. The second-order valence-corrected chi connectivity index (χ2v) is 5.17. The van der Waals surface area contributed by atoms with Crippen molar-refractivity contribution >= 4 is 11.6 Å². The van der Waals surface area contributed by atoms with Gasteiger partial charge in [0.15, 0.2) is 0 Å². The van der Waals surface area contributed by atoms with Gasteiger partial charge in [0.1, 0.15) is 0 Å². The van der Waals surface area contributed by atoms with Crippen molar-refractivity contribution in [2.75, 3.05) is 0 Å². The molecule has 17 heavy (non-hydrogen) atoms. The van der Waals surface area contributed by atoms with Crippen LogP contribution in [0.25, 0.3) is 11.1 Å². The van der Waals surface area contributed by atoms with E-state index < -0.39 is 0 Å². The molecule has 0 atom stereocenters. The molecule has 88 valence electrons. The Kier molecular flexibility index (Phi) is 3.54. The smallest absolute Gasteiger partial charge is 0.0409 e. The van der Waals surface area contributed by atoms with Crippen LogP contribution in [0.15, 0.2) is 42.5 Å². The predicted molar refractivity (Wildman–Crippen MR) is 75.7 cm³/mol. The van der Waals surface area contributed by atoms with Crippen molar-refractivity contribution in [1.82, 2.24) is 0 Å². The number of benzene rings is 2. The Balaban J connectivity index is 2.40. The van der Waals surface area contributed by atoms with Crippen LogP contribution in [0.3, 0.4) is 0 Å². The average Bonchev–Trinajstić information content (AvgIpc) is 2.29. The normalized spacial score (nSPS) is 10.9. The predicted octanol–water partition coefficient (Wildman–Crippen LogP) is 5.44. The Bertz CT molecular complexity index is 510. The minimum Gasteiger partial charge on any atom is -0.0843 e. The molecule has 0 aliphatic heterocycles. The molecule has 0 nitrogen and oxygen atoms in total. The van der Waals surface area contributed by atoms with E-state index in [-0.39, 0.29) is 0 Å². The van der Waals surface area contributed by atoms with Crippen LogP contribution < -0.4 is 0 Å². The molecule has 0 fully saturated rings. The van der Waals surface area contributed by atoms with Crippen molar-refractivity contribution in [3.05, 3.63) is 58.6 Å². The zero-order chi connectivity index (χ0) is 12.4. The van der Waals surface area contributed by atoms with Gasteiger partial charge in [0.2, 0.25) is 0 Å². The highest BCUT2D eigenvalue weighted by Gasteiger charge is 2.03. The molecule has 0 saturated heterocycles. The van der Waals surface area contributed by atoms with Gasteiger partial charge in [-0.1, -0.05) is 55.8 Å². The van der Waals surface area contributed by atoms with Crippen LogP contribution in [0.5, 0.6) is 0 Å². The molecule has 0 aliphatic rings. The van der Waals surface area contributed by atoms with E-state index in [2.05, 4.69) is 51.1 Å². The lowest BCUT2D eigenvalue weighted by atomic mass is 9.96. The SMILES string of the molecule is Cc1cc(Cl)ccc1-c1ccc(C(C)C)cc1. The van der Waals surface area contributed by atoms with E-state index in [0.717, 1.165) is 5.02 Å². The Morgan fingerprint density at radius 3 is 2.12 bits per heavy atom. The molecular formula is C16H17Cl. The molecule has 0 radical (unpaired) electrons. The maximum atomic E-state index is 5.97. The highest BCUT2D eigenvalue weighted by Crippen LogP contribution is 2.27. The second-order valence-electron chi connectivity index (χ2n) is 4.74. The van der Waals surface area contributed by atoms with Gasteiger partial charge in [0.25, 0.3) is 0 Å². The first kappa shape index (κ1) is 12.2. The third kappa shape index (κ3) is 2.70. The minimum absolute atomic E-state index is 0.579. The van der Waals surface area contributed by atoms with Crippen molar-refractivity contribution in [2.45, 2.75) is 26.7 Å². The molecule has 0 amide bonds. The number of aryl methyl sites for hydroxylation is 1. The molecule has 0 aromatic heterocycles. The Hall–Kier alpha value is -1.27. The zero-order valence-electron chi connectivity index (χ0n) is 10.5. The van der Waals surface area contributed by atoms with E-state index in [1.54, 1.807) is 0 Å². The van der Waals surface area contributed by atoms with Crippen LogP contribution in [0, 0.1) is 6.92 Å². The third-order valence-electron chi connectivity index (χ3n) is 3.08. The van der Waals surface area contributed by atoms with Crippen molar-refractivity contribution in [2.24, 2.45) is 0 Å². The lowest BCUT2D eigenvalue weighted by Gasteiger charge is -2.09. The lowest BCUT2D eigenvalue weighted by molar-refractivity contribution is 0.867. The van der Waals surface area contributed by atoms with Gasteiger partial charge in [-0.15, -0.1) is 0 Å². The van der Waals surface area contributed by atoms with Crippen LogP contribution in [0.2, 0.25) is 5.02 Å². The molecule has 0 unspecified atom stereocenters. The zero-order valence-corrected chi connectivity index (χ0v) is 11.3. The highest BCUT2D eigenvalue weighted by molar-refractivity contribution is 6.30. The summed E-state index contributed by atoms with van der Waals surface area (Å²) in [4.78, 5) is 0. The summed E-state index contributed by atoms with van der Waals surface area (Å²) in [5.74, 6) is 0.579. The van der Waals surface area contributed by atoms with Crippen LogP contribution in [0.1, 0.15) is 30.9 Å². The first-order valence-corrected chi connectivity index (χ1v) is 6.32. The van der Waals surface area contributed by atoms with E-state index in [1.165, 1.54) is 22.3 Å². The van der Waals surface area contributed by atoms with Crippen molar-refractivity contribution in [1.29, 1.82) is 0 Å². The number of halogens is 1. The van der Waals surface area contributed by atoms with E-state index in [9.17, 15) is 0 Å². The van der Waals surface area contributed by atoms with Gasteiger partial charge < -0.3 is 0 Å². The first-order chi connectivity index (χ1) is 8.08. The molecule has 2 rings (SSSR count). The molecule has 0 spiro atoms. The number of hydrogen-bond acceptors (Lipinski definition) is 0. The molecule has 0 bridgehead atoms. The first-order valence-electron chi connectivity index (χ1n) is 5.94. The topological polar surface area (TPSA) is 0 Å². The van der Waals surface area contributed by atoms with Crippen molar-refractivity contribution in [3.8, 4) is 11.1 Å². The van der Waals surface area contributed by atoms with Crippen LogP contribution in [-0.2, 0) is 0 Å². The largest absolute Gasteiger partial charge is 0.0843 e. The molecule has 0 aliphatic carbocycles. The Morgan fingerprint density at radius 2 is 1.59 bits per heavy atom. The standard InChI is InChI=1S/C16H17Cl/c1-11(2)13-4-6-14(7-5-13)16-9-8-15(17)10-12(16)3/h4-11H,1-3H3. The summed E-state index contributed by atoms with van der Waals surface area (Å²) in [5, 5.41) is 0.796. The molecule has 2 aromatic rings. The summed E-state index contributed by atoms with van der Waals surface area (Å²) in [6.45, 7) is 6.52. The van der Waals surface area contributed by atoms with Gasteiger partial charge in [-0.25, -0.2) is 0 Å². The molecule has 2 aromatic carbocycles. The van der Waals surface area contributed by atoms with Gasteiger partial charge in [0.05, 0.1) is 0 Å². The fraction of sp³-hybridized carbons (Fsp3) is 0.250. The lowest BCUT2D eigenvalue weighted by Crippen LogP contribution is -1.88. The summed E-state index contributed by atoms with van der Waals surface area (Å²) in [6, 6.07) is 14.8. The van der Waals surface area contributed by atoms with Gasteiger partial charge in [-0.2, -0.15) is 0 Å². The maximum absolute atomic E-state index is 5.97. The van der Waals surface area contributed by atoms with Gasteiger partial charge in [0, 0.05) is 5.02 Å². The molecule has 0 heterocycles. The summed E-state index contributed by atoms with van der Waals surface area (Å²) in [5.41, 5.74) is 5.10. The van der Waals surface area contributed by atoms with Crippen molar-refractivity contribution < 1.29 is 0 Å². The van der Waals surface area contributed by atoms with E-state index in [1.807, 2.05) is 12.1 Å². The number of hydrogen-bond donors (Lipinski definition) is 0. The Labute approximate surface area is 108 Å². The van der Waals surface area contributed by atoms with Crippen LogP contribution in [-0.4, -0.2) is 0 Å². The molecule has 1 heteroatoms. The van der Waals surface area contributed by atoms with E-state index in [0.29, 0.717) is 5.92 Å². The van der Waals surface area contributed by atoms with E-state index in [4.69, 9.17) is 11.6 Å². The van der Waals surface area contributed by atoms with Gasteiger partial charge in [-0.05, 0) is 47.2 Å². The van der Waals surface area contributed by atoms with Crippen molar-refractivity contribution in [3.63, 3.8) is 0 Å². The maximum Gasteiger partial charge on any atom is 0.0409 e. The minimum atomic E-state index is 0.579. The third-order valence-corrected chi connectivity index (χ3v) is 3.31. The number of rotatable bonds is 2. The second kappa shape index (κ2) is 4.93. The monoisotopic (exact) mass is 244 g/mol. The fourth-order valence-corrected chi connectivity index (χ4v) is 2.23. The molecule has 0 saturated carbocycles. The summed E-state index contributed by atoms with van der Waals surface area (Å²) >= 11 is 5.97. The summed E-state index contributed by atoms with van der Waals surface area (Å²) in [6.07, 6.45) is 0. The highest BCUT2D eigenvalue weighted by atomic mass is 35.5. The average molecular weight is 245 g/mol. The van der Waals surface area contributed by atoms with Crippen LogP contribution >= 0.6 is 11.6 Å². The van der Waals surface area contributed by atoms with Crippen LogP contribution in [0.4, 0.5) is 0 Å². The fourth-order valence-electron chi connectivity index (χ4n) is 2.00. The Morgan fingerprint density at radius 1 is 0.941 bits per heavy atom. The van der Waals surface area contributed by atoms with Gasteiger partial charge >= 0.3 is 0 Å². The summed E-state index contributed by atoms with van der Waals surface area (Å²) < 4.78 is 0. The molecule has 0 N–H and O–H groups in total. The molecular weight excluding hydrogens is 228 g/mol. The quantitative estimate of drug-likeness (QED) is 0.660. The van der Waals surface area contributed by atoms with E-state index >= 15 is 0 Å². The van der Waals surface area contributed by atoms with Gasteiger partial charge in [-0.3, -0.25) is 0 Å².